The topological polar surface area (TPSA) is 44.8 Å². The van der Waals surface area contributed by atoms with Crippen LogP contribution in [-0.4, -0.2) is 55.9 Å². The Balaban J connectivity index is 1.36. The molecule has 2 aliphatic rings. The number of hydrogen-bond donors (Lipinski definition) is 1. The molecule has 1 aromatic rings. The van der Waals surface area contributed by atoms with E-state index >= 15 is 0 Å². The van der Waals surface area contributed by atoms with Gasteiger partial charge in [-0.2, -0.15) is 0 Å². The monoisotopic (exact) mass is 441 g/mol. The van der Waals surface area contributed by atoms with Crippen molar-refractivity contribution in [3.63, 3.8) is 0 Å². The first-order valence-electron chi connectivity index (χ1n) is 11.4. The van der Waals surface area contributed by atoms with Gasteiger partial charge in [0, 0.05) is 50.4 Å². The standard InChI is InChI=1S/C23H34F3N3O2/c1-2-4-22(30)27-19-9-7-18(8-10-19)11-12-28-13-15-29(16-14-28)20-5-3-6-21(17-20)31-23(24,25)26/h3,5-6,17-19H,2,4,7-16H2,1H3,(H,27,30). The molecule has 1 aliphatic carbocycles. The second-order valence-corrected chi connectivity index (χ2v) is 8.70. The molecule has 1 aromatic carbocycles. The minimum absolute atomic E-state index is 0.172. The summed E-state index contributed by atoms with van der Waals surface area (Å²) in [5.41, 5.74) is 0.768. The Morgan fingerprint density at radius 1 is 1.13 bits per heavy atom. The molecule has 1 amide bonds. The number of halogens is 3. The summed E-state index contributed by atoms with van der Waals surface area (Å²) in [6.45, 7) is 6.50. The SMILES string of the molecule is CCCC(=O)NC1CCC(CCN2CCN(c3cccc(OC(F)(F)F)c3)CC2)CC1. The highest BCUT2D eigenvalue weighted by atomic mass is 19.4. The van der Waals surface area contributed by atoms with E-state index in [0.717, 1.165) is 57.7 Å². The maximum Gasteiger partial charge on any atom is 0.573 e. The Hall–Kier alpha value is -1.96. The first-order chi connectivity index (χ1) is 14.8. The molecule has 2 fully saturated rings. The number of nitrogens with one attached hydrogen (secondary N) is 1. The zero-order valence-electron chi connectivity index (χ0n) is 18.3. The molecule has 0 aromatic heterocycles. The quantitative estimate of drug-likeness (QED) is 0.642. The summed E-state index contributed by atoms with van der Waals surface area (Å²) < 4.78 is 41.4. The molecular formula is C23H34F3N3O2. The summed E-state index contributed by atoms with van der Waals surface area (Å²) in [6, 6.07) is 6.56. The number of benzene rings is 1. The van der Waals surface area contributed by atoms with Gasteiger partial charge in [0.1, 0.15) is 5.75 Å². The number of carbonyl (C=O) groups is 1. The average Bonchev–Trinajstić information content (AvgIpc) is 2.73. The van der Waals surface area contributed by atoms with Crippen molar-refractivity contribution in [2.45, 2.75) is 64.3 Å². The molecule has 1 saturated carbocycles. The van der Waals surface area contributed by atoms with E-state index in [0.29, 0.717) is 18.4 Å². The molecular weight excluding hydrogens is 407 g/mol. The Kier molecular flexibility index (Phi) is 8.46. The molecule has 1 N–H and O–H groups in total. The highest BCUT2D eigenvalue weighted by Crippen LogP contribution is 2.29. The van der Waals surface area contributed by atoms with Gasteiger partial charge in [0.05, 0.1) is 0 Å². The second-order valence-electron chi connectivity index (χ2n) is 8.70. The lowest BCUT2D eigenvalue weighted by Crippen LogP contribution is -2.47. The smallest absolute Gasteiger partial charge is 0.406 e. The van der Waals surface area contributed by atoms with Gasteiger partial charge in [0.25, 0.3) is 0 Å². The Morgan fingerprint density at radius 3 is 2.48 bits per heavy atom. The Labute approximate surface area is 182 Å². The van der Waals surface area contributed by atoms with E-state index in [2.05, 4.69) is 19.9 Å². The second kappa shape index (κ2) is 11.1. The van der Waals surface area contributed by atoms with Crippen LogP contribution >= 0.6 is 0 Å². The van der Waals surface area contributed by atoms with Crippen LogP contribution in [0.5, 0.6) is 5.75 Å². The molecule has 5 nitrogen and oxygen atoms in total. The number of hydrogen-bond acceptors (Lipinski definition) is 4. The summed E-state index contributed by atoms with van der Waals surface area (Å²) >= 11 is 0. The summed E-state index contributed by atoms with van der Waals surface area (Å²) in [5, 5.41) is 3.16. The molecule has 8 heteroatoms. The number of carbonyl (C=O) groups excluding carboxylic acids is 1. The fourth-order valence-corrected chi connectivity index (χ4v) is 4.59. The van der Waals surface area contributed by atoms with Crippen molar-refractivity contribution >= 4 is 11.6 Å². The van der Waals surface area contributed by atoms with Gasteiger partial charge in [0.15, 0.2) is 0 Å². The molecule has 174 valence electrons. The zero-order chi connectivity index (χ0) is 22.3. The number of ether oxygens (including phenoxy) is 1. The minimum atomic E-state index is -4.67. The summed E-state index contributed by atoms with van der Waals surface area (Å²) in [7, 11) is 0. The maximum absolute atomic E-state index is 12.5. The van der Waals surface area contributed by atoms with E-state index in [1.165, 1.54) is 31.4 Å². The van der Waals surface area contributed by atoms with Gasteiger partial charge in [-0.1, -0.05) is 13.0 Å². The van der Waals surface area contributed by atoms with Crippen LogP contribution in [-0.2, 0) is 4.79 Å². The third-order valence-electron chi connectivity index (χ3n) is 6.33. The first kappa shape index (κ1) is 23.7. The van der Waals surface area contributed by atoms with Crippen molar-refractivity contribution in [3.8, 4) is 5.75 Å². The number of anilines is 1. The molecule has 0 radical (unpaired) electrons. The van der Waals surface area contributed by atoms with Crippen LogP contribution in [0.15, 0.2) is 24.3 Å². The highest BCUT2D eigenvalue weighted by Gasteiger charge is 2.31. The van der Waals surface area contributed by atoms with Gasteiger partial charge in [-0.15, -0.1) is 13.2 Å². The van der Waals surface area contributed by atoms with Crippen molar-refractivity contribution in [1.29, 1.82) is 0 Å². The lowest BCUT2D eigenvalue weighted by Gasteiger charge is -2.37. The fraction of sp³-hybridized carbons (Fsp3) is 0.696. The van der Waals surface area contributed by atoms with E-state index in [9.17, 15) is 18.0 Å². The van der Waals surface area contributed by atoms with Crippen molar-refractivity contribution in [2.24, 2.45) is 5.92 Å². The lowest BCUT2D eigenvalue weighted by molar-refractivity contribution is -0.274. The van der Waals surface area contributed by atoms with Gasteiger partial charge in [-0.05, 0) is 63.1 Å². The number of piperazine rings is 1. The minimum Gasteiger partial charge on any atom is -0.406 e. The summed E-state index contributed by atoms with van der Waals surface area (Å²) in [5.74, 6) is 0.724. The van der Waals surface area contributed by atoms with E-state index in [4.69, 9.17) is 0 Å². The van der Waals surface area contributed by atoms with Crippen LogP contribution < -0.4 is 15.0 Å². The van der Waals surface area contributed by atoms with Crippen molar-refractivity contribution in [3.05, 3.63) is 24.3 Å². The van der Waals surface area contributed by atoms with Gasteiger partial charge in [-0.3, -0.25) is 9.69 Å². The van der Waals surface area contributed by atoms with Crippen LogP contribution in [0, 0.1) is 5.92 Å². The average molecular weight is 442 g/mol. The van der Waals surface area contributed by atoms with Gasteiger partial charge >= 0.3 is 6.36 Å². The molecule has 0 bridgehead atoms. The number of rotatable bonds is 8. The molecule has 3 rings (SSSR count). The predicted octanol–water partition coefficient (Wildman–Crippen LogP) is 4.57. The van der Waals surface area contributed by atoms with Crippen molar-refractivity contribution in [2.75, 3.05) is 37.6 Å². The fourth-order valence-electron chi connectivity index (χ4n) is 4.59. The molecule has 0 spiro atoms. The first-order valence-corrected chi connectivity index (χ1v) is 11.4. The number of amides is 1. The molecule has 0 atom stereocenters. The Morgan fingerprint density at radius 2 is 1.84 bits per heavy atom. The van der Waals surface area contributed by atoms with Gasteiger partial charge < -0.3 is 15.0 Å². The molecule has 0 unspecified atom stereocenters. The Bertz CT molecular complexity index is 698. The van der Waals surface area contributed by atoms with Crippen LogP contribution in [0.25, 0.3) is 0 Å². The molecule has 31 heavy (non-hydrogen) atoms. The normalized spacial score (nSPS) is 22.9. The predicted molar refractivity (Wildman–Crippen MR) is 115 cm³/mol. The van der Waals surface area contributed by atoms with Crippen molar-refractivity contribution < 1.29 is 22.7 Å². The highest BCUT2D eigenvalue weighted by molar-refractivity contribution is 5.76. The van der Waals surface area contributed by atoms with Crippen LogP contribution in [0.2, 0.25) is 0 Å². The third-order valence-corrected chi connectivity index (χ3v) is 6.33. The molecule has 1 heterocycles. The summed E-state index contributed by atoms with van der Waals surface area (Å²) in [6.07, 6.45) is 2.50. The summed E-state index contributed by atoms with van der Waals surface area (Å²) in [4.78, 5) is 16.3. The largest absolute Gasteiger partial charge is 0.573 e. The van der Waals surface area contributed by atoms with E-state index in [1.54, 1.807) is 6.07 Å². The van der Waals surface area contributed by atoms with E-state index in [-0.39, 0.29) is 11.7 Å². The maximum atomic E-state index is 12.5. The molecule has 1 aliphatic heterocycles. The van der Waals surface area contributed by atoms with Crippen LogP contribution in [0.3, 0.4) is 0 Å². The van der Waals surface area contributed by atoms with Crippen LogP contribution in [0.4, 0.5) is 18.9 Å². The number of alkyl halides is 3. The van der Waals surface area contributed by atoms with Gasteiger partial charge in [-0.25, -0.2) is 0 Å². The lowest BCUT2D eigenvalue weighted by atomic mass is 9.84. The van der Waals surface area contributed by atoms with E-state index in [1.807, 2.05) is 13.0 Å². The third kappa shape index (κ3) is 7.91. The van der Waals surface area contributed by atoms with Crippen molar-refractivity contribution in [1.82, 2.24) is 10.2 Å². The van der Waals surface area contributed by atoms with Gasteiger partial charge in [0.2, 0.25) is 5.91 Å². The zero-order valence-corrected chi connectivity index (χ0v) is 18.3. The number of nitrogens with zero attached hydrogens (tertiary/aromatic N) is 2. The van der Waals surface area contributed by atoms with E-state index < -0.39 is 6.36 Å². The molecule has 1 saturated heterocycles. The van der Waals surface area contributed by atoms with Crippen LogP contribution in [0.1, 0.15) is 51.9 Å².